The molecular weight excluding hydrogens is 412 g/mol. The Hall–Kier alpha value is -4.12. The van der Waals surface area contributed by atoms with Crippen molar-refractivity contribution < 1.29 is 14.6 Å². The van der Waals surface area contributed by atoms with E-state index in [1.807, 2.05) is 104 Å². The van der Waals surface area contributed by atoms with Gasteiger partial charge < -0.3 is 14.7 Å². The van der Waals surface area contributed by atoms with Crippen molar-refractivity contribution in [1.82, 2.24) is 4.98 Å². The largest absolute Gasteiger partial charge is 0.490 e. The van der Waals surface area contributed by atoms with Gasteiger partial charge in [0.1, 0.15) is 12.4 Å². The Balaban J connectivity index is 1.57. The van der Waals surface area contributed by atoms with E-state index in [0.29, 0.717) is 23.6 Å². The van der Waals surface area contributed by atoms with Gasteiger partial charge in [0, 0.05) is 23.5 Å². The van der Waals surface area contributed by atoms with Crippen molar-refractivity contribution in [2.24, 2.45) is 0 Å². The van der Waals surface area contributed by atoms with Crippen molar-refractivity contribution in [2.75, 3.05) is 11.5 Å². The first-order valence-corrected chi connectivity index (χ1v) is 10.8. The van der Waals surface area contributed by atoms with Crippen LogP contribution in [0.25, 0.3) is 6.08 Å². The van der Waals surface area contributed by atoms with Gasteiger partial charge in [0.2, 0.25) is 0 Å². The average molecular weight is 439 g/mol. The Morgan fingerprint density at radius 3 is 2.64 bits per heavy atom. The summed E-state index contributed by atoms with van der Waals surface area (Å²) in [5, 5.41) is 10.1. The highest BCUT2D eigenvalue weighted by atomic mass is 16.5. The van der Waals surface area contributed by atoms with Gasteiger partial charge in [0.15, 0.2) is 0 Å². The van der Waals surface area contributed by atoms with E-state index in [4.69, 9.17) is 4.74 Å². The lowest BCUT2D eigenvalue weighted by Crippen LogP contribution is -2.29. The molecule has 0 saturated heterocycles. The van der Waals surface area contributed by atoms with Crippen LogP contribution in [0.5, 0.6) is 5.75 Å². The van der Waals surface area contributed by atoms with Crippen molar-refractivity contribution in [3.05, 3.63) is 119 Å². The normalized spacial score (nSPS) is 16.1. The number of anilines is 1. The molecule has 2 heterocycles. The molecule has 0 spiro atoms. The monoisotopic (exact) mass is 438 g/mol. The molecule has 0 saturated carbocycles. The van der Waals surface area contributed by atoms with Crippen LogP contribution in [0.3, 0.4) is 0 Å². The molecule has 0 aliphatic carbocycles. The highest BCUT2D eigenvalue weighted by Crippen LogP contribution is 2.39. The molecule has 1 unspecified atom stereocenters. The van der Waals surface area contributed by atoms with Gasteiger partial charge in [0.25, 0.3) is 0 Å². The van der Waals surface area contributed by atoms with Crippen LogP contribution in [0.2, 0.25) is 0 Å². The first-order valence-electron chi connectivity index (χ1n) is 10.8. The van der Waals surface area contributed by atoms with Crippen LogP contribution in [0.4, 0.5) is 5.69 Å². The molecule has 4 rings (SSSR count). The molecule has 1 N–H and O–H groups in total. The molecule has 0 fully saturated rings. The Kier molecular flexibility index (Phi) is 6.69. The van der Waals surface area contributed by atoms with E-state index in [0.717, 1.165) is 22.5 Å². The van der Waals surface area contributed by atoms with Crippen molar-refractivity contribution >= 4 is 17.7 Å². The lowest BCUT2D eigenvalue weighted by atomic mass is 9.86. The molecule has 2 aromatic carbocycles. The molecule has 1 aromatic heterocycles. The van der Waals surface area contributed by atoms with Crippen LogP contribution >= 0.6 is 0 Å². The van der Waals surface area contributed by atoms with Crippen LogP contribution in [-0.4, -0.2) is 22.7 Å². The molecule has 1 atom stereocenters. The van der Waals surface area contributed by atoms with Gasteiger partial charge in [-0.1, -0.05) is 54.6 Å². The molecule has 3 aromatic rings. The predicted octanol–water partition coefficient (Wildman–Crippen LogP) is 6.04. The predicted molar refractivity (Wildman–Crippen MR) is 131 cm³/mol. The number of hydrogen-bond acceptors (Lipinski definition) is 4. The van der Waals surface area contributed by atoms with E-state index < -0.39 is 5.97 Å². The quantitative estimate of drug-likeness (QED) is 0.487. The maximum absolute atomic E-state index is 12.3. The van der Waals surface area contributed by atoms with E-state index in [1.54, 1.807) is 12.4 Å². The molecule has 5 nitrogen and oxygen atoms in total. The zero-order valence-electron chi connectivity index (χ0n) is 18.7. The van der Waals surface area contributed by atoms with Crippen LogP contribution in [-0.2, 0) is 4.79 Å². The summed E-state index contributed by atoms with van der Waals surface area (Å²) in [7, 11) is 0. The number of allylic oxidation sites excluding steroid dienone is 3. The van der Waals surface area contributed by atoms with Gasteiger partial charge in [-0.05, 0) is 55.3 Å². The first kappa shape index (κ1) is 22.1. The number of carboxylic acids is 1. The highest BCUT2D eigenvalue weighted by Gasteiger charge is 2.31. The number of hydrogen-bond donors (Lipinski definition) is 1. The molecule has 1 aliphatic rings. The number of carbonyl (C=O) groups is 1. The molecule has 0 amide bonds. The van der Waals surface area contributed by atoms with E-state index in [9.17, 15) is 9.90 Å². The summed E-state index contributed by atoms with van der Waals surface area (Å²) in [6, 6.07) is 21.5. The number of benzene rings is 2. The van der Waals surface area contributed by atoms with E-state index in [1.165, 1.54) is 0 Å². The van der Waals surface area contributed by atoms with E-state index in [2.05, 4.69) is 4.98 Å². The van der Waals surface area contributed by atoms with E-state index in [-0.39, 0.29) is 5.92 Å². The molecule has 1 aliphatic heterocycles. The topological polar surface area (TPSA) is 62.7 Å². The average Bonchev–Trinajstić information content (AvgIpc) is 2.83. The number of aromatic nitrogens is 1. The molecule has 33 heavy (non-hydrogen) atoms. The van der Waals surface area contributed by atoms with Crippen molar-refractivity contribution in [2.45, 2.75) is 19.8 Å². The zero-order valence-corrected chi connectivity index (χ0v) is 18.7. The molecule has 0 bridgehead atoms. The third-order valence-electron chi connectivity index (χ3n) is 5.60. The lowest BCUT2D eigenvalue weighted by molar-refractivity contribution is -0.133. The molecular formula is C28H26N2O3. The van der Waals surface area contributed by atoms with Gasteiger partial charge in [-0.15, -0.1) is 0 Å². The minimum Gasteiger partial charge on any atom is -0.490 e. The van der Waals surface area contributed by atoms with Crippen LogP contribution < -0.4 is 9.64 Å². The number of ether oxygens (including phenoxy) is 1. The summed E-state index contributed by atoms with van der Waals surface area (Å²) >= 11 is 0. The minimum atomic E-state index is -0.938. The first-order chi connectivity index (χ1) is 16.0. The third kappa shape index (κ3) is 5.04. The smallest absolute Gasteiger partial charge is 0.334 e. The van der Waals surface area contributed by atoms with Gasteiger partial charge in [0.05, 0.1) is 17.5 Å². The van der Waals surface area contributed by atoms with Gasteiger partial charge in [-0.3, -0.25) is 4.98 Å². The highest BCUT2D eigenvalue weighted by molar-refractivity contribution is 5.92. The van der Waals surface area contributed by atoms with Gasteiger partial charge in [-0.2, -0.15) is 0 Å². The lowest BCUT2D eigenvalue weighted by Gasteiger charge is -2.34. The standard InChI is InChI=1S/C28H26N2O3/c1-20-17-26(27(28(31)32)21(2)30(20)24-13-7-15-29-19-24)23-12-6-14-25(18-23)33-16-8-11-22-9-4-3-5-10-22/h3-15,17-19,26H,16H2,1-2H3,(H,31,32). The number of nitrogens with zero attached hydrogens (tertiary/aromatic N) is 2. The van der Waals surface area contributed by atoms with Gasteiger partial charge >= 0.3 is 5.97 Å². The zero-order chi connectivity index (χ0) is 23.2. The molecule has 5 heteroatoms. The summed E-state index contributed by atoms with van der Waals surface area (Å²) < 4.78 is 5.91. The third-order valence-corrected chi connectivity index (χ3v) is 5.60. The summed E-state index contributed by atoms with van der Waals surface area (Å²) in [6.45, 7) is 4.25. The fourth-order valence-electron chi connectivity index (χ4n) is 4.13. The fraction of sp³-hybridized carbons (Fsp3) is 0.143. The molecule has 166 valence electrons. The number of pyridine rings is 1. The van der Waals surface area contributed by atoms with Gasteiger partial charge in [-0.25, -0.2) is 4.79 Å². The summed E-state index contributed by atoms with van der Waals surface area (Å²) in [6.07, 6.45) is 9.40. The SMILES string of the molecule is CC1=CC(c2cccc(OCC=Cc3ccccc3)c2)C(C(=O)O)=C(C)N1c1cccnc1. The Labute approximate surface area is 194 Å². The Bertz CT molecular complexity index is 1210. The molecule has 0 radical (unpaired) electrons. The Morgan fingerprint density at radius 1 is 1.09 bits per heavy atom. The van der Waals surface area contributed by atoms with Crippen molar-refractivity contribution in [3.63, 3.8) is 0 Å². The van der Waals surface area contributed by atoms with Crippen LogP contribution in [0.15, 0.2) is 108 Å². The fourth-order valence-corrected chi connectivity index (χ4v) is 4.13. The maximum Gasteiger partial charge on any atom is 0.334 e. The van der Waals surface area contributed by atoms with E-state index >= 15 is 0 Å². The Morgan fingerprint density at radius 2 is 1.91 bits per heavy atom. The second kappa shape index (κ2) is 10.0. The second-order valence-electron chi connectivity index (χ2n) is 7.83. The number of rotatable bonds is 7. The van der Waals surface area contributed by atoms with Crippen LogP contribution in [0, 0.1) is 0 Å². The summed E-state index contributed by atoms with van der Waals surface area (Å²) in [5.74, 6) is -0.612. The number of aliphatic carboxylic acids is 1. The maximum atomic E-state index is 12.3. The second-order valence-corrected chi connectivity index (χ2v) is 7.83. The summed E-state index contributed by atoms with van der Waals surface area (Å²) in [4.78, 5) is 18.4. The van der Waals surface area contributed by atoms with Crippen molar-refractivity contribution in [1.29, 1.82) is 0 Å². The van der Waals surface area contributed by atoms with Crippen LogP contribution in [0.1, 0.15) is 30.9 Å². The summed E-state index contributed by atoms with van der Waals surface area (Å²) in [5.41, 5.74) is 4.79. The number of carboxylic acid groups (broad SMARTS) is 1. The minimum absolute atomic E-state index is 0.338. The van der Waals surface area contributed by atoms with Crippen molar-refractivity contribution in [3.8, 4) is 5.75 Å².